The molecule has 0 aliphatic carbocycles. The molecule has 2 rings (SSSR count). The van der Waals surface area contributed by atoms with E-state index in [4.69, 9.17) is 10.5 Å². The number of aliphatic hydroxyl groups is 1. The van der Waals surface area contributed by atoms with Gasteiger partial charge in [-0.15, -0.1) is 0 Å². The van der Waals surface area contributed by atoms with E-state index in [1.807, 2.05) is 36.4 Å². The van der Waals surface area contributed by atoms with Crippen molar-refractivity contribution in [3.05, 3.63) is 59.7 Å². The highest BCUT2D eigenvalue weighted by atomic mass is 16.5. The van der Waals surface area contributed by atoms with Crippen LogP contribution >= 0.6 is 0 Å². The molecule has 22 heavy (non-hydrogen) atoms. The number of ether oxygens (including phenoxy) is 1. The second-order valence-corrected chi connectivity index (χ2v) is 5.43. The van der Waals surface area contributed by atoms with Gasteiger partial charge in [-0.05, 0) is 48.2 Å². The Morgan fingerprint density at radius 2 is 1.64 bits per heavy atom. The van der Waals surface area contributed by atoms with Crippen LogP contribution in [0.15, 0.2) is 48.5 Å². The van der Waals surface area contributed by atoms with E-state index in [1.165, 1.54) is 11.1 Å². The van der Waals surface area contributed by atoms with E-state index in [2.05, 4.69) is 17.4 Å². The molecule has 0 aromatic heterocycles. The first kappa shape index (κ1) is 16.3. The van der Waals surface area contributed by atoms with E-state index in [0.717, 1.165) is 17.8 Å². The number of nitrogens with one attached hydrogen (secondary N) is 1. The molecule has 0 fully saturated rings. The van der Waals surface area contributed by atoms with Crippen molar-refractivity contribution in [3.63, 3.8) is 0 Å². The van der Waals surface area contributed by atoms with Crippen molar-refractivity contribution < 1.29 is 9.84 Å². The maximum Gasteiger partial charge on any atom is 0.0734 e. The Bertz CT molecular complexity index is 552. The minimum atomic E-state index is -0.394. The Morgan fingerprint density at radius 1 is 1.05 bits per heavy atom. The van der Waals surface area contributed by atoms with Gasteiger partial charge in [0.2, 0.25) is 0 Å². The van der Waals surface area contributed by atoms with Crippen LogP contribution in [0.2, 0.25) is 0 Å². The number of methoxy groups -OCH3 is 1. The molecule has 0 saturated heterocycles. The number of aliphatic hydroxyl groups excluding tert-OH is 1. The summed E-state index contributed by atoms with van der Waals surface area (Å²) in [4.78, 5) is 0. The Balaban J connectivity index is 1.83. The van der Waals surface area contributed by atoms with Crippen molar-refractivity contribution >= 4 is 11.4 Å². The van der Waals surface area contributed by atoms with Crippen molar-refractivity contribution in [2.75, 3.05) is 31.3 Å². The molecule has 2 aromatic rings. The van der Waals surface area contributed by atoms with E-state index in [-0.39, 0.29) is 0 Å². The summed E-state index contributed by atoms with van der Waals surface area (Å²) in [5.74, 6) is 0. The maximum atomic E-state index is 9.76. The lowest BCUT2D eigenvalue weighted by Gasteiger charge is -2.12. The molecule has 0 aliphatic heterocycles. The Kier molecular flexibility index (Phi) is 6.25. The molecule has 0 saturated carbocycles. The molecule has 0 radical (unpaired) electrons. The fraction of sp³-hybridized carbons (Fsp3) is 0.333. The van der Waals surface area contributed by atoms with Crippen molar-refractivity contribution in [1.29, 1.82) is 0 Å². The van der Waals surface area contributed by atoms with Crippen LogP contribution in [0.1, 0.15) is 17.5 Å². The standard InChI is InChI=1S/C18H24N2O2/c1-22-11-10-18(21)13-20-17-8-4-15(5-9-17)12-14-2-6-16(19)7-3-14/h2-9,18,20-21H,10-13,19H2,1H3. The first-order chi connectivity index (χ1) is 10.7. The molecule has 1 unspecified atom stereocenters. The molecular formula is C18H24N2O2. The number of anilines is 2. The number of rotatable bonds is 8. The van der Waals surface area contributed by atoms with Gasteiger partial charge in [0.05, 0.1) is 6.10 Å². The Labute approximate surface area is 131 Å². The van der Waals surface area contributed by atoms with Gasteiger partial charge in [-0.3, -0.25) is 0 Å². The van der Waals surface area contributed by atoms with E-state index in [1.54, 1.807) is 7.11 Å². The van der Waals surface area contributed by atoms with Gasteiger partial charge in [0.25, 0.3) is 0 Å². The van der Waals surface area contributed by atoms with Gasteiger partial charge in [-0.25, -0.2) is 0 Å². The predicted molar refractivity (Wildman–Crippen MR) is 91.1 cm³/mol. The average Bonchev–Trinajstić information content (AvgIpc) is 2.54. The molecule has 2 aromatic carbocycles. The van der Waals surface area contributed by atoms with Gasteiger partial charge in [0, 0.05) is 31.6 Å². The van der Waals surface area contributed by atoms with Crippen LogP contribution in [0.25, 0.3) is 0 Å². The highest BCUT2D eigenvalue weighted by Crippen LogP contribution is 2.15. The van der Waals surface area contributed by atoms with E-state index in [9.17, 15) is 5.11 Å². The smallest absolute Gasteiger partial charge is 0.0734 e. The number of hydrogen-bond donors (Lipinski definition) is 3. The summed E-state index contributed by atoms with van der Waals surface area (Å²) >= 11 is 0. The second kappa shape index (κ2) is 8.41. The number of hydrogen-bond acceptors (Lipinski definition) is 4. The Morgan fingerprint density at radius 3 is 2.23 bits per heavy atom. The summed E-state index contributed by atoms with van der Waals surface area (Å²) in [6.45, 7) is 1.10. The van der Waals surface area contributed by atoms with Crippen molar-refractivity contribution in [2.45, 2.75) is 18.9 Å². The summed E-state index contributed by atoms with van der Waals surface area (Å²) in [6.07, 6.45) is 1.13. The van der Waals surface area contributed by atoms with Gasteiger partial charge >= 0.3 is 0 Å². The van der Waals surface area contributed by atoms with E-state index < -0.39 is 6.10 Å². The van der Waals surface area contributed by atoms with Crippen molar-refractivity contribution in [1.82, 2.24) is 0 Å². The Hall–Kier alpha value is -2.04. The molecular weight excluding hydrogens is 276 g/mol. The summed E-state index contributed by atoms with van der Waals surface area (Å²) in [6, 6.07) is 16.2. The minimum absolute atomic E-state index is 0.394. The number of benzene rings is 2. The summed E-state index contributed by atoms with van der Waals surface area (Å²) in [5, 5.41) is 13.0. The average molecular weight is 300 g/mol. The van der Waals surface area contributed by atoms with Crippen LogP contribution in [0.3, 0.4) is 0 Å². The van der Waals surface area contributed by atoms with Crippen LogP contribution in [0, 0.1) is 0 Å². The van der Waals surface area contributed by atoms with Gasteiger partial charge in [0.15, 0.2) is 0 Å². The quantitative estimate of drug-likeness (QED) is 0.656. The number of nitrogens with two attached hydrogens (primary N) is 1. The molecule has 118 valence electrons. The van der Waals surface area contributed by atoms with Crippen molar-refractivity contribution in [3.8, 4) is 0 Å². The fourth-order valence-electron chi connectivity index (χ4n) is 2.20. The first-order valence-electron chi connectivity index (χ1n) is 7.51. The lowest BCUT2D eigenvalue weighted by Crippen LogP contribution is -2.20. The zero-order valence-corrected chi connectivity index (χ0v) is 13.0. The fourth-order valence-corrected chi connectivity index (χ4v) is 2.20. The lowest BCUT2D eigenvalue weighted by atomic mass is 10.0. The maximum absolute atomic E-state index is 9.76. The van der Waals surface area contributed by atoms with E-state index >= 15 is 0 Å². The van der Waals surface area contributed by atoms with Crippen LogP contribution in [-0.2, 0) is 11.2 Å². The summed E-state index contributed by atoms with van der Waals surface area (Å²) < 4.78 is 4.95. The SMILES string of the molecule is COCCC(O)CNc1ccc(Cc2ccc(N)cc2)cc1. The molecule has 4 N–H and O–H groups in total. The van der Waals surface area contributed by atoms with Gasteiger partial charge < -0.3 is 20.9 Å². The molecule has 0 amide bonds. The molecule has 0 spiro atoms. The lowest BCUT2D eigenvalue weighted by molar-refractivity contribution is 0.117. The summed E-state index contributed by atoms with van der Waals surface area (Å²) in [5.41, 5.74) is 9.98. The topological polar surface area (TPSA) is 67.5 Å². The van der Waals surface area contributed by atoms with Crippen LogP contribution in [0.5, 0.6) is 0 Å². The molecule has 0 aliphatic rings. The second-order valence-electron chi connectivity index (χ2n) is 5.43. The third kappa shape index (κ3) is 5.39. The normalized spacial score (nSPS) is 12.1. The monoisotopic (exact) mass is 300 g/mol. The van der Waals surface area contributed by atoms with E-state index in [0.29, 0.717) is 19.6 Å². The third-order valence-electron chi connectivity index (χ3n) is 3.54. The third-order valence-corrected chi connectivity index (χ3v) is 3.54. The van der Waals surface area contributed by atoms with Crippen molar-refractivity contribution in [2.24, 2.45) is 0 Å². The molecule has 4 heteroatoms. The van der Waals surface area contributed by atoms with Gasteiger partial charge in [-0.1, -0.05) is 24.3 Å². The zero-order valence-electron chi connectivity index (χ0n) is 13.0. The van der Waals surface area contributed by atoms with Gasteiger partial charge in [-0.2, -0.15) is 0 Å². The summed E-state index contributed by atoms with van der Waals surface area (Å²) in [7, 11) is 1.64. The molecule has 4 nitrogen and oxygen atoms in total. The first-order valence-corrected chi connectivity index (χ1v) is 7.51. The predicted octanol–water partition coefficient (Wildman–Crippen LogP) is 2.67. The zero-order chi connectivity index (χ0) is 15.8. The molecule has 1 atom stereocenters. The largest absolute Gasteiger partial charge is 0.399 e. The van der Waals surface area contributed by atoms with Crippen LogP contribution in [-0.4, -0.2) is 31.5 Å². The van der Waals surface area contributed by atoms with Crippen LogP contribution in [0.4, 0.5) is 11.4 Å². The molecule has 0 bridgehead atoms. The highest BCUT2D eigenvalue weighted by Gasteiger charge is 2.03. The molecule has 0 heterocycles. The minimum Gasteiger partial charge on any atom is -0.399 e. The van der Waals surface area contributed by atoms with Gasteiger partial charge in [0.1, 0.15) is 0 Å². The highest BCUT2D eigenvalue weighted by molar-refractivity contribution is 5.46. The van der Waals surface area contributed by atoms with Crippen LogP contribution < -0.4 is 11.1 Å². The number of nitrogen functional groups attached to an aromatic ring is 1.